The Morgan fingerprint density at radius 2 is 1.93 bits per heavy atom. The van der Waals surface area contributed by atoms with E-state index in [4.69, 9.17) is 5.73 Å². The lowest BCUT2D eigenvalue weighted by Gasteiger charge is -2.31. The number of carbonyl (C=O) groups is 2. The van der Waals surface area contributed by atoms with Gasteiger partial charge in [0.15, 0.2) is 0 Å². The highest BCUT2D eigenvalue weighted by Crippen LogP contribution is 2.16. The van der Waals surface area contributed by atoms with Crippen LogP contribution in [-0.4, -0.2) is 69.7 Å². The highest BCUT2D eigenvalue weighted by molar-refractivity contribution is 7.89. The molecule has 0 aliphatic carbocycles. The first-order chi connectivity index (χ1) is 12.7. The molecule has 3 N–H and O–H groups in total. The molecule has 1 aromatic rings. The van der Waals surface area contributed by atoms with Gasteiger partial charge in [-0.3, -0.25) is 9.59 Å². The summed E-state index contributed by atoms with van der Waals surface area (Å²) >= 11 is 0. The number of likely N-dealkylation sites (tertiary alicyclic amines) is 1. The average molecular weight is 397 g/mol. The number of carbonyl (C=O) groups excluding carboxylic acids is 2. The Morgan fingerprint density at radius 3 is 2.52 bits per heavy atom. The lowest BCUT2D eigenvalue weighted by Crippen LogP contribution is -2.42. The molecule has 2 rings (SSSR count). The van der Waals surface area contributed by atoms with Crippen molar-refractivity contribution >= 4 is 21.8 Å². The van der Waals surface area contributed by atoms with Gasteiger partial charge in [-0.2, -0.15) is 0 Å². The van der Waals surface area contributed by atoms with Crippen LogP contribution in [0.25, 0.3) is 0 Å². The summed E-state index contributed by atoms with van der Waals surface area (Å²) in [6.45, 7) is 2.93. The van der Waals surface area contributed by atoms with Crippen molar-refractivity contribution in [3.05, 3.63) is 29.8 Å². The standard InChI is InChI=1S/C18H28N4O4S/c1-21(2)27(25,26)16-8-6-14(7-9-16)18(24)20-10-4-12-22-11-3-5-15(13-22)17(19)23/h6-9,15H,3-5,10-13H2,1-2H3,(H2,19,23)(H,20,24). The van der Waals surface area contributed by atoms with Crippen molar-refractivity contribution in [1.82, 2.24) is 14.5 Å². The Kier molecular flexibility index (Phi) is 7.34. The maximum atomic E-state index is 12.2. The van der Waals surface area contributed by atoms with Crippen LogP contribution in [0.4, 0.5) is 0 Å². The van der Waals surface area contributed by atoms with Gasteiger partial charge in [-0.05, 0) is 56.6 Å². The topological polar surface area (TPSA) is 113 Å². The molecule has 0 saturated carbocycles. The summed E-state index contributed by atoms with van der Waals surface area (Å²) in [6.07, 6.45) is 2.58. The Hall–Kier alpha value is -1.97. The number of benzene rings is 1. The average Bonchev–Trinajstić information content (AvgIpc) is 2.65. The number of sulfonamides is 1. The maximum Gasteiger partial charge on any atom is 0.251 e. The van der Waals surface area contributed by atoms with Crippen molar-refractivity contribution in [2.45, 2.75) is 24.2 Å². The lowest BCUT2D eigenvalue weighted by atomic mass is 9.97. The number of hydrogen-bond donors (Lipinski definition) is 2. The number of nitrogens with zero attached hydrogens (tertiary/aromatic N) is 2. The molecule has 0 spiro atoms. The second kappa shape index (κ2) is 9.29. The van der Waals surface area contributed by atoms with E-state index in [1.807, 2.05) is 0 Å². The van der Waals surface area contributed by atoms with Gasteiger partial charge in [-0.25, -0.2) is 12.7 Å². The highest BCUT2D eigenvalue weighted by Gasteiger charge is 2.23. The van der Waals surface area contributed by atoms with Crippen LogP contribution >= 0.6 is 0 Å². The van der Waals surface area contributed by atoms with Crippen LogP contribution in [0.1, 0.15) is 29.6 Å². The zero-order valence-corrected chi connectivity index (χ0v) is 16.7. The molecule has 1 unspecified atom stereocenters. The van der Waals surface area contributed by atoms with Crippen LogP contribution in [0.5, 0.6) is 0 Å². The summed E-state index contributed by atoms with van der Waals surface area (Å²) in [7, 11) is -0.576. The molecular formula is C18H28N4O4S. The van der Waals surface area contributed by atoms with Crippen LogP contribution in [0.2, 0.25) is 0 Å². The van der Waals surface area contributed by atoms with Gasteiger partial charge in [0.1, 0.15) is 0 Å². The predicted molar refractivity (Wildman–Crippen MR) is 103 cm³/mol. The van der Waals surface area contributed by atoms with Gasteiger partial charge in [-0.1, -0.05) is 0 Å². The van der Waals surface area contributed by atoms with E-state index in [0.29, 0.717) is 18.7 Å². The minimum absolute atomic E-state index is 0.0784. The molecule has 8 nitrogen and oxygen atoms in total. The van der Waals surface area contributed by atoms with Crippen molar-refractivity contribution in [2.24, 2.45) is 11.7 Å². The summed E-state index contributed by atoms with van der Waals surface area (Å²) in [5, 5.41) is 2.84. The van der Waals surface area contributed by atoms with Gasteiger partial charge < -0.3 is 16.0 Å². The maximum absolute atomic E-state index is 12.2. The molecule has 1 atom stereocenters. The molecule has 2 amide bonds. The molecular weight excluding hydrogens is 368 g/mol. The molecule has 150 valence electrons. The molecule has 9 heteroatoms. The molecule has 0 radical (unpaired) electrons. The number of amides is 2. The van der Waals surface area contributed by atoms with Crippen molar-refractivity contribution in [1.29, 1.82) is 0 Å². The number of nitrogens with one attached hydrogen (secondary N) is 1. The molecule has 1 aliphatic heterocycles. The fourth-order valence-corrected chi connectivity index (χ4v) is 3.99. The summed E-state index contributed by atoms with van der Waals surface area (Å²) < 4.78 is 25.2. The second-order valence-corrected chi connectivity index (χ2v) is 9.12. The molecule has 0 bridgehead atoms. The number of piperidine rings is 1. The van der Waals surface area contributed by atoms with Crippen LogP contribution in [0.15, 0.2) is 29.2 Å². The Balaban J connectivity index is 1.78. The minimum Gasteiger partial charge on any atom is -0.369 e. The normalized spacial score (nSPS) is 18.4. The summed E-state index contributed by atoms with van der Waals surface area (Å²) in [5.41, 5.74) is 5.80. The summed E-state index contributed by atoms with van der Waals surface area (Å²) in [4.78, 5) is 25.8. The highest BCUT2D eigenvalue weighted by atomic mass is 32.2. The van der Waals surface area contributed by atoms with Crippen LogP contribution < -0.4 is 11.1 Å². The number of nitrogens with two attached hydrogens (primary N) is 1. The van der Waals surface area contributed by atoms with E-state index in [0.717, 1.165) is 36.7 Å². The van der Waals surface area contributed by atoms with Gasteiger partial charge >= 0.3 is 0 Å². The van der Waals surface area contributed by atoms with Gasteiger partial charge in [0, 0.05) is 32.7 Å². The van der Waals surface area contributed by atoms with Crippen molar-refractivity contribution in [3.63, 3.8) is 0 Å². The molecule has 1 heterocycles. The third kappa shape index (κ3) is 5.75. The first-order valence-corrected chi connectivity index (χ1v) is 10.5. The molecule has 1 fully saturated rings. The quantitative estimate of drug-likeness (QED) is 0.612. The third-order valence-electron chi connectivity index (χ3n) is 4.74. The van der Waals surface area contributed by atoms with Crippen molar-refractivity contribution in [3.8, 4) is 0 Å². The van der Waals surface area contributed by atoms with Gasteiger partial charge in [-0.15, -0.1) is 0 Å². The van der Waals surface area contributed by atoms with E-state index in [9.17, 15) is 18.0 Å². The number of hydrogen-bond acceptors (Lipinski definition) is 5. The predicted octanol–water partition coefficient (Wildman–Crippen LogP) is 0.254. The van der Waals surface area contributed by atoms with Gasteiger partial charge in [0.25, 0.3) is 5.91 Å². The molecule has 1 aromatic carbocycles. The zero-order valence-electron chi connectivity index (χ0n) is 15.8. The Labute approximate surface area is 160 Å². The fourth-order valence-electron chi connectivity index (χ4n) is 3.09. The monoisotopic (exact) mass is 396 g/mol. The molecule has 27 heavy (non-hydrogen) atoms. The van der Waals surface area contributed by atoms with Crippen molar-refractivity contribution < 1.29 is 18.0 Å². The van der Waals surface area contributed by atoms with Crippen molar-refractivity contribution in [2.75, 3.05) is 40.3 Å². The largest absolute Gasteiger partial charge is 0.369 e. The zero-order chi connectivity index (χ0) is 20.0. The van der Waals surface area contributed by atoms with Crippen LogP contribution in [0, 0.1) is 5.92 Å². The number of primary amides is 1. The van der Waals surface area contributed by atoms with E-state index >= 15 is 0 Å². The first kappa shape index (κ1) is 21.3. The Bertz CT molecular complexity index is 762. The molecule has 0 aromatic heterocycles. The summed E-state index contributed by atoms with van der Waals surface area (Å²) in [5.74, 6) is -0.560. The summed E-state index contributed by atoms with van der Waals surface area (Å²) in [6, 6.07) is 5.88. The smallest absolute Gasteiger partial charge is 0.251 e. The minimum atomic E-state index is -3.50. The fraction of sp³-hybridized carbons (Fsp3) is 0.556. The second-order valence-electron chi connectivity index (χ2n) is 6.96. The first-order valence-electron chi connectivity index (χ1n) is 9.04. The molecule has 1 saturated heterocycles. The van der Waals surface area contributed by atoms with E-state index in [2.05, 4.69) is 10.2 Å². The van der Waals surface area contributed by atoms with Crippen LogP contribution in [-0.2, 0) is 14.8 Å². The van der Waals surface area contributed by atoms with E-state index < -0.39 is 10.0 Å². The van der Waals surface area contributed by atoms with E-state index in [1.54, 1.807) is 0 Å². The Morgan fingerprint density at radius 1 is 1.26 bits per heavy atom. The van der Waals surface area contributed by atoms with Gasteiger partial charge in [0.2, 0.25) is 15.9 Å². The third-order valence-corrected chi connectivity index (χ3v) is 6.57. The number of rotatable bonds is 8. The SMILES string of the molecule is CN(C)S(=O)(=O)c1ccc(C(=O)NCCCN2CCCC(C(N)=O)C2)cc1. The molecule has 1 aliphatic rings. The van der Waals surface area contributed by atoms with Crippen LogP contribution in [0.3, 0.4) is 0 Å². The van der Waals surface area contributed by atoms with Gasteiger partial charge in [0.05, 0.1) is 10.8 Å². The van der Waals surface area contributed by atoms with E-state index in [-0.39, 0.29) is 22.6 Å². The van der Waals surface area contributed by atoms with E-state index in [1.165, 1.54) is 38.4 Å². The lowest BCUT2D eigenvalue weighted by molar-refractivity contribution is -0.123.